The van der Waals surface area contributed by atoms with E-state index in [4.69, 9.17) is 4.74 Å². The van der Waals surface area contributed by atoms with Crippen LogP contribution in [-0.2, 0) is 14.8 Å². The number of esters is 1. The van der Waals surface area contributed by atoms with Gasteiger partial charge in [0.2, 0.25) is 10.0 Å². The first-order chi connectivity index (χ1) is 12.4. The van der Waals surface area contributed by atoms with Crippen molar-refractivity contribution in [2.75, 3.05) is 17.6 Å². The van der Waals surface area contributed by atoms with Crippen LogP contribution in [0.3, 0.4) is 0 Å². The highest BCUT2D eigenvalue weighted by Crippen LogP contribution is 2.29. The van der Waals surface area contributed by atoms with Crippen molar-refractivity contribution in [2.24, 2.45) is 0 Å². The van der Waals surface area contributed by atoms with Gasteiger partial charge in [-0.25, -0.2) is 13.2 Å². The Morgan fingerprint density at radius 1 is 1.15 bits per heavy atom. The number of carbonyl (C=O) groups is 1. The molecule has 0 aliphatic heterocycles. The minimum Gasteiger partial charge on any atom is -0.458 e. The van der Waals surface area contributed by atoms with Crippen LogP contribution in [-0.4, -0.2) is 31.7 Å². The number of rotatable bonds is 6. The summed E-state index contributed by atoms with van der Waals surface area (Å²) in [6.45, 7) is 2.22. The molecule has 1 N–H and O–H groups in total. The highest BCUT2D eigenvalue weighted by molar-refractivity contribution is 7.92. The molecule has 2 aromatic heterocycles. The van der Waals surface area contributed by atoms with E-state index in [1.165, 1.54) is 0 Å². The van der Waals surface area contributed by atoms with Crippen molar-refractivity contribution in [1.82, 2.24) is 4.40 Å². The highest BCUT2D eigenvalue weighted by Gasteiger charge is 2.19. The van der Waals surface area contributed by atoms with Crippen molar-refractivity contribution in [3.05, 3.63) is 60.3 Å². The number of benzene rings is 1. The van der Waals surface area contributed by atoms with Gasteiger partial charge in [0.25, 0.3) is 0 Å². The zero-order valence-corrected chi connectivity index (χ0v) is 15.4. The zero-order valence-electron chi connectivity index (χ0n) is 14.6. The number of carbonyl (C=O) groups excluding carboxylic acids is 1. The Labute approximate surface area is 152 Å². The number of para-hydroxylation sites is 1. The largest absolute Gasteiger partial charge is 0.458 e. The fourth-order valence-electron chi connectivity index (χ4n) is 2.86. The maximum Gasteiger partial charge on any atom is 0.341 e. The molecule has 26 heavy (non-hydrogen) atoms. The van der Waals surface area contributed by atoms with Crippen molar-refractivity contribution in [2.45, 2.75) is 13.3 Å². The molecule has 0 radical (unpaired) electrons. The molecule has 0 aliphatic carbocycles. The number of sulfonamides is 1. The Balaban J connectivity index is 2.10. The van der Waals surface area contributed by atoms with Gasteiger partial charge in [-0.3, -0.25) is 4.72 Å². The van der Waals surface area contributed by atoms with Crippen LogP contribution in [0, 0.1) is 0 Å². The van der Waals surface area contributed by atoms with Gasteiger partial charge in [-0.15, -0.1) is 0 Å². The van der Waals surface area contributed by atoms with E-state index >= 15 is 0 Å². The monoisotopic (exact) mass is 372 g/mol. The lowest BCUT2D eigenvalue weighted by Crippen LogP contribution is -2.10. The molecule has 0 spiro atoms. The first kappa shape index (κ1) is 18.0. The lowest BCUT2D eigenvalue weighted by Gasteiger charge is -2.06. The average molecular weight is 372 g/mol. The lowest BCUT2D eigenvalue weighted by atomic mass is 10.1. The number of hydrogen-bond donors (Lipinski definition) is 1. The molecule has 0 atom stereocenters. The maximum atomic E-state index is 12.6. The summed E-state index contributed by atoms with van der Waals surface area (Å²) in [6, 6.07) is 10.8. The Bertz CT molecular complexity index is 1100. The van der Waals surface area contributed by atoms with Gasteiger partial charge in [0.05, 0.1) is 28.5 Å². The highest BCUT2D eigenvalue weighted by atomic mass is 32.2. The molecule has 0 saturated carbocycles. The molecule has 1 aromatic carbocycles. The van der Waals surface area contributed by atoms with Crippen LogP contribution >= 0.6 is 0 Å². The van der Waals surface area contributed by atoms with E-state index in [9.17, 15) is 13.2 Å². The molecule has 3 aromatic rings. The third kappa shape index (κ3) is 3.72. The quantitative estimate of drug-likeness (QED) is 0.530. The van der Waals surface area contributed by atoms with Crippen molar-refractivity contribution in [3.63, 3.8) is 0 Å². The standard InChI is InChI=1S/C19H20N2O4S/c1-3-4-7-12-25-19(22)18-15-8-5-6-9-16(15)21-13-14(10-11-17(18)21)20-26(2,23)24/h4-11,13,20H,3,12H2,1-2H3/b7-4-. The van der Waals surface area contributed by atoms with E-state index in [-0.39, 0.29) is 6.61 Å². The van der Waals surface area contributed by atoms with Crippen LogP contribution in [0.1, 0.15) is 23.7 Å². The van der Waals surface area contributed by atoms with E-state index in [1.54, 1.807) is 22.7 Å². The molecule has 2 heterocycles. The number of pyridine rings is 1. The van der Waals surface area contributed by atoms with Gasteiger partial charge in [0.15, 0.2) is 0 Å². The number of anilines is 1. The summed E-state index contributed by atoms with van der Waals surface area (Å²) in [5.74, 6) is -0.409. The van der Waals surface area contributed by atoms with Gasteiger partial charge in [-0.2, -0.15) is 0 Å². The third-order valence-corrected chi connectivity index (χ3v) is 4.46. The number of nitrogens with zero attached hydrogens (tertiary/aromatic N) is 1. The van der Waals surface area contributed by atoms with Crippen LogP contribution < -0.4 is 4.72 Å². The summed E-state index contributed by atoms with van der Waals surface area (Å²) >= 11 is 0. The van der Waals surface area contributed by atoms with E-state index in [2.05, 4.69) is 4.72 Å². The van der Waals surface area contributed by atoms with Gasteiger partial charge in [0, 0.05) is 11.6 Å². The first-order valence-corrected chi connectivity index (χ1v) is 10.1. The molecule has 0 bridgehead atoms. The molecule has 136 valence electrons. The van der Waals surface area contributed by atoms with Gasteiger partial charge < -0.3 is 9.14 Å². The summed E-state index contributed by atoms with van der Waals surface area (Å²) in [6.07, 6.45) is 7.38. The van der Waals surface area contributed by atoms with Gasteiger partial charge in [0.1, 0.15) is 6.61 Å². The normalized spacial score (nSPS) is 12.1. The molecule has 3 rings (SSSR count). The van der Waals surface area contributed by atoms with E-state index in [0.717, 1.165) is 23.6 Å². The topological polar surface area (TPSA) is 76.9 Å². The molecule has 0 saturated heterocycles. The predicted molar refractivity (Wildman–Crippen MR) is 103 cm³/mol. The van der Waals surface area contributed by atoms with Gasteiger partial charge in [-0.05, 0) is 24.6 Å². The molecular weight excluding hydrogens is 352 g/mol. The lowest BCUT2D eigenvalue weighted by molar-refractivity contribution is 0.0554. The fourth-order valence-corrected chi connectivity index (χ4v) is 3.41. The van der Waals surface area contributed by atoms with Crippen LogP contribution in [0.5, 0.6) is 0 Å². The van der Waals surface area contributed by atoms with Crippen molar-refractivity contribution in [3.8, 4) is 0 Å². The fraction of sp³-hybridized carbons (Fsp3) is 0.211. The molecule has 0 aliphatic rings. The Kier molecular flexibility index (Phi) is 4.99. The smallest absolute Gasteiger partial charge is 0.341 e. The van der Waals surface area contributed by atoms with E-state index in [1.807, 2.05) is 43.3 Å². The number of hydrogen-bond acceptors (Lipinski definition) is 4. The molecule has 7 heteroatoms. The minimum absolute atomic E-state index is 0.214. The summed E-state index contributed by atoms with van der Waals surface area (Å²) in [7, 11) is -3.39. The summed E-state index contributed by atoms with van der Waals surface area (Å²) in [4.78, 5) is 12.6. The maximum absolute atomic E-state index is 12.6. The Morgan fingerprint density at radius 2 is 1.92 bits per heavy atom. The predicted octanol–water partition coefficient (Wildman–Crippen LogP) is 3.59. The SMILES string of the molecule is CC/C=C\COC(=O)c1c2ccccc2n2cc(NS(C)(=O)=O)ccc12. The number of aromatic nitrogens is 1. The van der Waals surface area contributed by atoms with Gasteiger partial charge in [-0.1, -0.05) is 37.3 Å². The molecular formula is C19H20N2O4S. The van der Waals surface area contributed by atoms with Crippen molar-refractivity contribution in [1.29, 1.82) is 0 Å². The molecule has 6 nitrogen and oxygen atoms in total. The summed E-state index contributed by atoms with van der Waals surface area (Å²) < 4.78 is 32.6. The first-order valence-electron chi connectivity index (χ1n) is 8.23. The Morgan fingerprint density at radius 3 is 2.65 bits per heavy atom. The van der Waals surface area contributed by atoms with Crippen LogP contribution in [0.15, 0.2) is 54.7 Å². The summed E-state index contributed by atoms with van der Waals surface area (Å²) in [5, 5.41) is 0.758. The molecule has 0 fully saturated rings. The number of ether oxygens (including phenoxy) is 1. The van der Waals surface area contributed by atoms with Crippen molar-refractivity contribution >= 4 is 38.1 Å². The second-order valence-corrected chi connectivity index (χ2v) is 7.67. The van der Waals surface area contributed by atoms with E-state index in [0.29, 0.717) is 16.8 Å². The van der Waals surface area contributed by atoms with Crippen LogP contribution in [0.25, 0.3) is 16.4 Å². The number of allylic oxidation sites excluding steroid dienone is 1. The third-order valence-electron chi connectivity index (χ3n) is 3.86. The zero-order chi connectivity index (χ0) is 18.7. The second-order valence-electron chi connectivity index (χ2n) is 5.92. The number of fused-ring (bicyclic) bond motifs is 3. The number of nitrogens with one attached hydrogen (secondary N) is 1. The average Bonchev–Trinajstić information content (AvgIpc) is 2.91. The van der Waals surface area contributed by atoms with Crippen LogP contribution in [0.2, 0.25) is 0 Å². The van der Waals surface area contributed by atoms with Crippen molar-refractivity contribution < 1.29 is 17.9 Å². The van der Waals surface area contributed by atoms with Crippen LogP contribution in [0.4, 0.5) is 5.69 Å². The second kappa shape index (κ2) is 7.21. The molecule has 0 amide bonds. The summed E-state index contributed by atoms with van der Waals surface area (Å²) in [5.41, 5.74) is 2.35. The minimum atomic E-state index is -3.39. The van der Waals surface area contributed by atoms with E-state index < -0.39 is 16.0 Å². The van der Waals surface area contributed by atoms with Gasteiger partial charge >= 0.3 is 5.97 Å². The molecule has 0 unspecified atom stereocenters. The Hall–Kier alpha value is -2.80.